The highest BCUT2D eigenvalue weighted by Gasteiger charge is 2.32. The van der Waals surface area contributed by atoms with E-state index in [1.54, 1.807) is 12.0 Å². The van der Waals surface area contributed by atoms with Crippen molar-refractivity contribution in [1.29, 1.82) is 0 Å². The van der Waals surface area contributed by atoms with Gasteiger partial charge in [0.25, 0.3) is 0 Å². The maximum absolute atomic E-state index is 12.1. The number of halogens is 1. The summed E-state index contributed by atoms with van der Waals surface area (Å²) in [6.45, 7) is 4.26. The number of benzene rings is 2. The molecule has 2 aliphatic rings. The normalized spacial score (nSPS) is 20.4. The van der Waals surface area contributed by atoms with Crippen LogP contribution in [0.1, 0.15) is 29.9 Å². The van der Waals surface area contributed by atoms with Gasteiger partial charge in [0.2, 0.25) is 0 Å². The molecular weight excluding hydrogens is 388 g/mol. The Hall–Kier alpha value is -2.08. The van der Waals surface area contributed by atoms with Crippen molar-refractivity contribution < 1.29 is 14.3 Å². The molecule has 2 aromatic rings. The van der Waals surface area contributed by atoms with Gasteiger partial charge in [0.15, 0.2) is 0 Å². The highest BCUT2D eigenvalue weighted by molar-refractivity contribution is 5.89. The zero-order valence-corrected chi connectivity index (χ0v) is 17.6. The molecule has 1 atom stereocenters. The molecule has 1 amide bonds. The Bertz CT molecular complexity index is 776. The van der Waals surface area contributed by atoms with Crippen LogP contribution in [0.2, 0.25) is 0 Å². The van der Waals surface area contributed by atoms with Crippen LogP contribution in [0.5, 0.6) is 0 Å². The fourth-order valence-electron chi connectivity index (χ4n) is 4.20. The number of cyclic esters (lactones) is 1. The van der Waals surface area contributed by atoms with Gasteiger partial charge >= 0.3 is 6.09 Å². The van der Waals surface area contributed by atoms with Gasteiger partial charge in [-0.3, -0.25) is 9.80 Å². The molecule has 156 valence electrons. The maximum atomic E-state index is 12.1. The molecule has 2 fully saturated rings. The highest BCUT2D eigenvalue weighted by atomic mass is 35.5. The Morgan fingerprint density at radius 1 is 1.03 bits per heavy atom. The Kier molecular flexibility index (Phi) is 7.53. The second-order valence-electron chi connectivity index (χ2n) is 7.70. The van der Waals surface area contributed by atoms with Gasteiger partial charge in [-0.1, -0.05) is 42.5 Å². The molecule has 2 aliphatic heterocycles. The predicted molar refractivity (Wildman–Crippen MR) is 117 cm³/mol. The monoisotopic (exact) mass is 416 g/mol. The first kappa shape index (κ1) is 21.6. The van der Waals surface area contributed by atoms with Crippen molar-refractivity contribution in [2.45, 2.75) is 31.4 Å². The Labute approximate surface area is 179 Å². The minimum absolute atomic E-state index is 0. The van der Waals surface area contributed by atoms with Crippen molar-refractivity contribution >= 4 is 24.2 Å². The first-order valence-electron chi connectivity index (χ1n) is 10.1. The van der Waals surface area contributed by atoms with Gasteiger partial charge in [0.05, 0.1) is 13.2 Å². The number of anilines is 1. The topological polar surface area (TPSA) is 42.0 Å². The third kappa shape index (κ3) is 5.30. The number of hydrogen-bond donors (Lipinski definition) is 0. The molecule has 1 unspecified atom stereocenters. The second-order valence-corrected chi connectivity index (χ2v) is 7.70. The van der Waals surface area contributed by atoms with Crippen LogP contribution in [0.15, 0.2) is 54.6 Å². The third-order valence-electron chi connectivity index (χ3n) is 5.74. The van der Waals surface area contributed by atoms with E-state index in [0.717, 1.165) is 25.3 Å². The van der Waals surface area contributed by atoms with Gasteiger partial charge in [-0.05, 0) is 55.1 Å². The first-order chi connectivity index (χ1) is 13.7. The van der Waals surface area contributed by atoms with E-state index in [0.29, 0.717) is 19.1 Å². The molecule has 2 heterocycles. The second kappa shape index (κ2) is 10.1. The summed E-state index contributed by atoms with van der Waals surface area (Å²) in [5, 5.41) is 0. The van der Waals surface area contributed by atoms with Crippen LogP contribution in [-0.2, 0) is 16.0 Å². The van der Waals surface area contributed by atoms with Crippen molar-refractivity contribution in [2.24, 2.45) is 0 Å². The van der Waals surface area contributed by atoms with Crippen molar-refractivity contribution in [3.05, 3.63) is 65.7 Å². The summed E-state index contributed by atoms with van der Waals surface area (Å²) >= 11 is 0. The lowest BCUT2D eigenvalue weighted by Gasteiger charge is -2.32. The number of likely N-dealkylation sites (tertiary alicyclic amines) is 1. The van der Waals surface area contributed by atoms with Crippen LogP contribution in [0, 0.1) is 0 Å². The van der Waals surface area contributed by atoms with E-state index in [4.69, 9.17) is 9.47 Å². The van der Waals surface area contributed by atoms with Crippen molar-refractivity contribution in [2.75, 3.05) is 38.3 Å². The van der Waals surface area contributed by atoms with Crippen molar-refractivity contribution in [1.82, 2.24) is 4.90 Å². The van der Waals surface area contributed by atoms with Gasteiger partial charge in [-0.25, -0.2) is 4.79 Å². The molecule has 0 spiro atoms. The van der Waals surface area contributed by atoms with Crippen LogP contribution in [0.4, 0.5) is 10.5 Å². The average Bonchev–Trinajstić information content (AvgIpc) is 3.10. The number of amides is 1. The minimum atomic E-state index is -0.288. The van der Waals surface area contributed by atoms with Crippen LogP contribution >= 0.6 is 12.4 Å². The standard InChI is InChI=1S/C23H28N2O3.ClH/c1-27-17-22-16-25(23(26)28-22)21-9-7-19(8-10-21)20-11-13-24(14-12-20)15-18-5-3-2-4-6-18;/h2-10,20,22H,11-17H2,1H3;1H. The fourth-order valence-corrected chi connectivity index (χ4v) is 4.20. The van der Waals surface area contributed by atoms with E-state index >= 15 is 0 Å². The number of carbonyl (C=O) groups is 1. The molecule has 0 bridgehead atoms. The van der Waals surface area contributed by atoms with Crippen LogP contribution in [0.25, 0.3) is 0 Å². The maximum Gasteiger partial charge on any atom is 0.414 e. The molecule has 0 saturated carbocycles. The van der Waals surface area contributed by atoms with E-state index in [2.05, 4.69) is 47.4 Å². The fraction of sp³-hybridized carbons (Fsp3) is 0.435. The number of carbonyl (C=O) groups excluding carboxylic acids is 1. The Morgan fingerprint density at radius 3 is 2.38 bits per heavy atom. The van der Waals surface area contributed by atoms with E-state index in [1.807, 2.05) is 12.1 Å². The van der Waals surface area contributed by atoms with E-state index in [9.17, 15) is 4.79 Å². The molecule has 0 aliphatic carbocycles. The molecule has 0 aromatic heterocycles. The van der Waals surface area contributed by atoms with Gasteiger partial charge in [-0.15, -0.1) is 12.4 Å². The summed E-state index contributed by atoms with van der Waals surface area (Å²) < 4.78 is 10.4. The Balaban J connectivity index is 0.00000240. The molecule has 5 nitrogen and oxygen atoms in total. The summed E-state index contributed by atoms with van der Waals surface area (Å²) in [5.41, 5.74) is 3.65. The molecule has 29 heavy (non-hydrogen) atoms. The van der Waals surface area contributed by atoms with Gasteiger partial charge in [-0.2, -0.15) is 0 Å². The smallest absolute Gasteiger partial charge is 0.414 e. The minimum Gasteiger partial charge on any atom is -0.441 e. The first-order valence-corrected chi connectivity index (χ1v) is 10.1. The van der Waals surface area contributed by atoms with E-state index in [-0.39, 0.29) is 24.6 Å². The summed E-state index contributed by atoms with van der Waals surface area (Å²) in [4.78, 5) is 16.3. The largest absolute Gasteiger partial charge is 0.441 e. The Morgan fingerprint density at radius 2 is 1.72 bits per heavy atom. The van der Waals surface area contributed by atoms with Gasteiger partial charge < -0.3 is 9.47 Å². The molecule has 2 aromatic carbocycles. The molecule has 0 N–H and O–H groups in total. The van der Waals surface area contributed by atoms with Crippen molar-refractivity contribution in [3.8, 4) is 0 Å². The number of nitrogens with zero attached hydrogens (tertiary/aromatic N) is 2. The molecule has 2 saturated heterocycles. The quantitative estimate of drug-likeness (QED) is 0.697. The zero-order valence-electron chi connectivity index (χ0n) is 16.8. The SMILES string of the molecule is COCC1CN(c2ccc(C3CCN(Cc4ccccc4)CC3)cc2)C(=O)O1.Cl. The zero-order chi connectivity index (χ0) is 19.3. The molecule has 4 rings (SSSR count). The van der Waals surface area contributed by atoms with Gasteiger partial charge in [0.1, 0.15) is 6.10 Å². The lowest BCUT2D eigenvalue weighted by Crippen LogP contribution is -2.32. The number of hydrogen-bond acceptors (Lipinski definition) is 4. The van der Waals surface area contributed by atoms with Crippen molar-refractivity contribution in [3.63, 3.8) is 0 Å². The lowest BCUT2D eigenvalue weighted by molar-refractivity contribution is 0.0718. The number of rotatable bonds is 6. The summed E-state index contributed by atoms with van der Waals surface area (Å²) in [5.74, 6) is 0.591. The predicted octanol–water partition coefficient (Wildman–Crippen LogP) is 4.46. The molecule has 6 heteroatoms. The van der Waals surface area contributed by atoms with Gasteiger partial charge in [0, 0.05) is 19.3 Å². The number of methoxy groups -OCH3 is 1. The molecule has 0 radical (unpaired) electrons. The van der Waals surface area contributed by atoms with E-state index in [1.165, 1.54) is 24.0 Å². The lowest BCUT2D eigenvalue weighted by atomic mass is 9.89. The summed E-state index contributed by atoms with van der Waals surface area (Å²) in [7, 11) is 1.62. The number of ether oxygens (including phenoxy) is 2. The van der Waals surface area contributed by atoms with Crippen LogP contribution in [0.3, 0.4) is 0 Å². The molecular formula is C23H29ClN2O3. The summed E-state index contributed by atoms with van der Waals surface area (Å²) in [6, 6.07) is 19.1. The van der Waals surface area contributed by atoms with E-state index < -0.39 is 0 Å². The third-order valence-corrected chi connectivity index (χ3v) is 5.74. The number of piperidine rings is 1. The average molecular weight is 417 g/mol. The summed E-state index contributed by atoms with van der Waals surface area (Å²) in [6.07, 6.45) is 1.87. The van der Waals surface area contributed by atoms with Crippen LogP contribution < -0.4 is 4.90 Å². The highest BCUT2D eigenvalue weighted by Crippen LogP contribution is 2.31. The van der Waals surface area contributed by atoms with Crippen LogP contribution in [-0.4, -0.2) is 50.4 Å².